The Labute approximate surface area is 196 Å². The molecule has 3 aromatic rings. The number of rotatable bonds is 8. The zero-order valence-corrected chi connectivity index (χ0v) is 20.2. The minimum atomic E-state index is -3.50. The number of ether oxygens (including phenoxy) is 1. The van der Waals surface area contributed by atoms with E-state index in [1.165, 1.54) is 4.31 Å². The lowest BCUT2D eigenvalue weighted by molar-refractivity contribution is -0.122. The van der Waals surface area contributed by atoms with Crippen LogP contribution >= 0.6 is 22.9 Å². The second kappa shape index (κ2) is 9.82. The number of sulfonamides is 1. The molecule has 172 valence electrons. The number of halogens is 1. The molecule has 0 bridgehead atoms. The Hall–Kier alpha value is -2.07. The Kier molecular flexibility index (Phi) is 7.09. The van der Waals surface area contributed by atoms with Gasteiger partial charge in [-0.1, -0.05) is 11.6 Å². The number of fused-ring (bicyclic) bond motifs is 1. The van der Waals surface area contributed by atoms with Gasteiger partial charge in [-0.25, -0.2) is 8.42 Å². The fourth-order valence-corrected chi connectivity index (χ4v) is 7.19. The number of piperidine rings is 1. The number of methoxy groups -OCH3 is 1. The number of thiophene rings is 1. The highest BCUT2D eigenvalue weighted by Gasteiger charge is 2.31. The summed E-state index contributed by atoms with van der Waals surface area (Å²) < 4.78 is 32.9. The molecular formula is C22H26ClN3O4S2. The number of nitrogens with one attached hydrogen (secondary N) is 2. The van der Waals surface area contributed by atoms with Gasteiger partial charge in [0.1, 0.15) is 9.96 Å². The summed E-state index contributed by atoms with van der Waals surface area (Å²) in [6, 6.07) is 9.04. The molecule has 0 radical (unpaired) electrons. The molecule has 7 nitrogen and oxygen atoms in total. The topological polar surface area (TPSA) is 91.5 Å². The van der Waals surface area contributed by atoms with Crippen LogP contribution in [0.2, 0.25) is 4.34 Å². The number of amides is 1. The molecule has 0 unspecified atom stereocenters. The lowest BCUT2D eigenvalue weighted by Crippen LogP contribution is -2.39. The highest BCUT2D eigenvalue weighted by atomic mass is 35.5. The van der Waals surface area contributed by atoms with Crippen molar-refractivity contribution < 1.29 is 17.9 Å². The normalized spacial score (nSPS) is 15.8. The Morgan fingerprint density at radius 3 is 2.75 bits per heavy atom. The van der Waals surface area contributed by atoms with Crippen LogP contribution in [0.5, 0.6) is 5.75 Å². The third-order valence-electron chi connectivity index (χ3n) is 5.88. The smallest absolute Gasteiger partial charge is 0.252 e. The second-order valence-electron chi connectivity index (χ2n) is 7.94. The standard InChI is InChI=1S/C22H26ClN3O4S2/c1-30-17-2-3-19-18(13-17)16(14-25-19)6-9-24-21(27)12-15-7-10-26(11-8-15)32(28,29)22-5-4-20(23)31-22/h2-5,13-15,25H,6-12H2,1H3,(H,24,27). The third-order valence-corrected chi connectivity index (χ3v) is 9.48. The van der Waals surface area contributed by atoms with Crippen LogP contribution < -0.4 is 10.1 Å². The van der Waals surface area contributed by atoms with Crippen molar-refractivity contribution in [3.05, 3.63) is 46.4 Å². The highest BCUT2D eigenvalue weighted by Crippen LogP contribution is 2.31. The molecule has 1 fully saturated rings. The summed E-state index contributed by atoms with van der Waals surface area (Å²) in [5.41, 5.74) is 2.17. The maximum Gasteiger partial charge on any atom is 0.252 e. The van der Waals surface area contributed by atoms with Crippen LogP contribution in [0.4, 0.5) is 0 Å². The first-order chi connectivity index (χ1) is 15.4. The number of aromatic amines is 1. The molecule has 4 rings (SSSR count). The summed E-state index contributed by atoms with van der Waals surface area (Å²) in [6.07, 6.45) is 4.45. The molecule has 0 atom stereocenters. The zero-order chi connectivity index (χ0) is 22.7. The van der Waals surface area contributed by atoms with Gasteiger partial charge in [-0.3, -0.25) is 4.79 Å². The quantitative estimate of drug-likeness (QED) is 0.493. The van der Waals surface area contributed by atoms with Crippen LogP contribution in [-0.4, -0.2) is 50.4 Å². The molecule has 0 aliphatic carbocycles. The summed E-state index contributed by atoms with van der Waals surface area (Å²) in [5.74, 6) is 0.998. The summed E-state index contributed by atoms with van der Waals surface area (Å²) in [4.78, 5) is 15.7. The predicted octanol–water partition coefficient (Wildman–Crippen LogP) is 4.04. The number of aromatic nitrogens is 1. The molecule has 0 spiro atoms. The van der Waals surface area contributed by atoms with Gasteiger partial charge in [-0.05, 0) is 61.1 Å². The first-order valence-electron chi connectivity index (χ1n) is 10.5. The van der Waals surface area contributed by atoms with Crippen molar-refractivity contribution in [3.8, 4) is 5.75 Å². The van der Waals surface area contributed by atoms with E-state index >= 15 is 0 Å². The molecule has 1 aliphatic rings. The van der Waals surface area contributed by atoms with Gasteiger partial charge in [0, 0.05) is 43.2 Å². The van der Waals surface area contributed by atoms with Crippen molar-refractivity contribution in [2.75, 3.05) is 26.7 Å². The molecule has 1 aromatic carbocycles. The average molecular weight is 496 g/mol. The molecule has 0 saturated carbocycles. The number of nitrogens with zero attached hydrogens (tertiary/aromatic N) is 1. The Balaban J connectivity index is 1.24. The second-order valence-corrected chi connectivity index (χ2v) is 11.8. The molecule has 32 heavy (non-hydrogen) atoms. The number of benzene rings is 1. The first kappa shape index (κ1) is 23.1. The third kappa shape index (κ3) is 5.11. The van der Waals surface area contributed by atoms with Crippen LogP contribution in [-0.2, 0) is 21.2 Å². The lowest BCUT2D eigenvalue weighted by atomic mass is 9.94. The van der Waals surface area contributed by atoms with E-state index in [1.807, 2.05) is 24.4 Å². The fourth-order valence-electron chi connectivity index (χ4n) is 4.08. The minimum absolute atomic E-state index is 0.00812. The van der Waals surface area contributed by atoms with Crippen LogP contribution in [0.3, 0.4) is 0 Å². The number of carbonyl (C=O) groups excluding carboxylic acids is 1. The maximum atomic E-state index is 12.7. The molecule has 3 heterocycles. The van der Waals surface area contributed by atoms with E-state index in [-0.39, 0.29) is 16.0 Å². The number of H-pyrrole nitrogens is 1. The van der Waals surface area contributed by atoms with Gasteiger partial charge in [0.2, 0.25) is 5.91 Å². The summed E-state index contributed by atoms with van der Waals surface area (Å²) >= 11 is 6.96. The van der Waals surface area contributed by atoms with Crippen LogP contribution in [0.15, 0.2) is 40.7 Å². The summed E-state index contributed by atoms with van der Waals surface area (Å²) in [7, 11) is -1.86. The predicted molar refractivity (Wildman–Crippen MR) is 127 cm³/mol. The molecule has 1 saturated heterocycles. The van der Waals surface area contributed by atoms with Crippen molar-refractivity contribution >= 4 is 49.8 Å². The first-order valence-corrected chi connectivity index (χ1v) is 13.2. The van der Waals surface area contributed by atoms with E-state index in [9.17, 15) is 13.2 Å². The highest BCUT2D eigenvalue weighted by molar-refractivity contribution is 7.91. The molecule has 1 aliphatic heterocycles. The Morgan fingerprint density at radius 2 is 2.06 bits per heavy atom. The fraction of sp³-hybridized carbons (Fsp3) is 0.409. The van der Waals surface area contributed by atoms with E-state index in [0.717, 1.165) is 40.0 Å². The van der Waals surface area contributed by atoms with Crippen LogP contribution in [0, 0.1) is 5.92 Å². The van der Waals surface area contributed by atoms with Gasteiger partial charge < -0.3 is 15.0 Å². The van der Waals surface area contributed by atoms with Crippen molar-refractivity contribution in [1.29, 1.82) is 0 Å². The lowest BCUT2D eigenvalue weighted by Gasteiger charge is -2.30. The molecule has 1 amide bonds. The van der Waals surface area contributed by atoms with E-state index < -0.39 is 10.0 Å². The molecule has 10 heteroatoms. The largest absolute Gasteiger partial charge is 0.497 e. The van der Waals surface area contributed by atoms with Gasteiger partial charge in [0.25, 0.3) is 10.0 Å². The van der Waals surface area contributed by atoms with E-state index in [1.54, 1.807) is 19.2 Å². The van der Waals surface area contributed by atoms with Crippen molar-refractivity contribution in [2.24, 2.45) is 5.92 Å². The minimum Gasteiger partial charge on any atom is -0.497 e. The van der Waals surface area contributed by atoms with Crippen molar-refractivity contribution in [3.63, 3.8) is 0 Å². The van der Waals surface area contributed by atoms with Crippen molar-refractivity contribution in [1.82, 2.24) is 14.6 Å². The van der Waals surface area contributed by atoms with Gasteiger partial charge in [-0.2, -0.15) is 4.31 Å². The van der Waals surface area contributed by atoms with E-state index in [0.29, 0.717) is 43.2 Å². The SMILES string of the molecule is COc1ccc2[nH]cc(CCNC(=O)CC3CCN(S(=O)(=O)c4ccc(Cl)s4)CC3)c2c1. The van der Waals surface area contributed by atoms with Gasteiger partial charge in [0.05, 0.1) is 11.4 Å². The van der Waals surface area contributed by atoms with E-state index in [4.69, 9.17) is 16.3 Å². The molecule has 2 N–H and O–H groups in total. The van der Waals surface area contributed by atoms with Crippen LogP contribution in [0.1, 0.15) is 24.8 Å². The average Bonchev–Trinajstić information content (AvgIpc) is 3.40. The Morgan fingerprint density at radius 1 is 1.28 bits per heavy atom. The maximum absolute atomic E-state index is 12.7. The number of carbonyl (C=O) groups is 1. The summed E-state index contributed by atoms with van der Waals surface area (Å²) in [5, 5.41) is 4.10. The number of hydrogen-bond donors (Lipinski definition) is 2. The van der Waals surface area contributed by atoms with Gasteiger partial charge in [0.15, 0.2) is 0 Å². The Bertz CT molecular complexity index is 1200. The number of hydrogen-bond acceptors (Lipinski definition) is 5. The molecular weight excluding hydrogens is 470 g/mol. The monoisotopic (exact) mass is 495 g/mol. The zero-order valence-electron chi connectivity index (χ0n) is 17.8. The van der Waals surface area contributed by atoms with Crippen molar-refractivity contribution in [2.45, 2.75) is 29.9 Å². The van der Waals surface area contributed by atoms with Crippen LogP contribution in [0.25, 0.3) is 10.9 Å². The van der Waals surface area contributed by atoms with Gasteiger partial charge in [-0.15, -0.1) is 11.3 Å². The van der Waals surface area contributed by atoms with Gasteiger partial charge >= 0.3 is 0 Å². The van der Waals surface area contributed by atoms with E-state index in [2.05, 4.69) is 10.3 Å². The molecule has 2 aromatic heterocycles. The summed E-state index contributed by atoms with van der Waals surface area (Å²) in [6.45, 7) is 1.40.